The molecule has 0 bridgehead atoms. The van der Waals surface area contributed by atoms with Crippen molar-refractivity contribution in [2.75, 3.05) is 19.8 Å². The van der Waals surface area contributed by atoms with E-state index < -0.39 is 0 Å². The molecule has 0 heterocycles. The van der Waals surface area contributed by atoms with Gasteiger partial charge in [0.15, 0.2) is 6.29 Å². The molecule has 0 aliphatic heterocycles. The molecule has 0 aliphatic carbocycles. The van der Waals surface area contributed by atoms with Crippen LogP contribution in [0.1, 0.15) is 25.2 Å². The first kappa shape index (κ1) is 12.7. The van der Waals surface area contributed by atoms with Crippen molar-refractivity contribution >= 4 is 0 Å². The van der Waals surface area contributed by atoms with Gasteiger partial charge in [-0.1, -0.05) is 37.3 Å². The molecule has 1 rings (SSSR count). The average Bonchev–Trinajstić information content (AvgIpc) is 2.35. The molecule has 0 saturated carbocycles. The topological polar surface area (TPSA) is 22.8 Å². The van der Waals surface area contributed by atoms with Gasteiger partial charge in [-0.25, -0.2) is 6.57 Å². The maximum atomic E-state index is 6.69. The molecule has 0 radical (unpaired) electrons. The summed E-state index contributed by atoms with van der Waals surface area (Å²) in [6, 6.07) is 9.81. The molecule has 0 saturated heterocycles. The third-order valence-electron chi connectivity index (χ3n) is 2.02. The molecule has 86 valence electrons. The normalized spacial score (nSPS) is 12.0. The van der Waals surface area contributed by atoms with Crippen LogP contribution in [0.15, 0.2) is 30.3 Å². The van der Waals surface area contributed by atoms with E-state index in [0.717, 1.165) is 12.0 Å². The lowest BCUT2D eigenvalue weighted by molar-refractivity contribution is -0.143. The highest BCUT2D eigenvalue weighted by Crippen LogP contribution is 2.18. The number of nitrogens with zero attached hydrogens (tertiary/aromatic N) is 1. The second-order valence-electron chi connectivity index (χ2n) is 3.37. The van der Waals surface area contributed by atoms with Crippen LogP contribution in [-0.4, -0.2) is 19.8 Å². The summed E-state index contributed by atoms with van der Waals surface area (Å²) >= 11 is 0. The molecule has 1 atom stereocenters. The summed E-state index contributed by atoms with van der Waals surface area (Å²) in [7, 11) is 0. The van der Waals surface area contributed by atoms with E-state index in [-0.39, 0.29) is 6.29 Å². The van der Waals surface area contributed by atoms with E-state index in [1.807, 2.05) is 30.3 Å². The van der Waals surface area contributed by atoms with Crippen molar-refractivity contribution in [3.05, 3.63) is 47.3 Å². The summed E-state index contributed by atoms with van der Waals surface area (Å²) in [6.45, 7) is 10.2. The van der Waals surface area contributed by atoms with Crippen molar-refractivity contribution in [1.29, 1.82) is 0 Å². The molecule has 0 aliphatic rings. The van der Waals surface area contributed by atoms with Crippen LogP contribution < -0.4 is 0 Å². The highest BCUT2D eigenvalue weighted by molar-refractivity contribution is 5.15. The lowest BCUT2D eigenvalue weighted by Crippen LogP contribution is -2.11. The van der Waals surface area contributed by atoms with Gasteiger partial charge in [-0.3, -0.25) is 0 Å². The van der Waals surface area contributed by atoms with E-state index in [1.165, 1.54) is 0 Å². The Balaban J connectivity index is 2.53. The Hall–Kier alpha value is -1.37. The van der Waals surface area contributed by atoms with Crippen molar-refractivity contribution in [3.8, 4) is 0 Å². The van der Waals surface area contributed by atoms with Gasteiger partial charge in [0, 0.05) is 12.2 Å². The van der Waals surface area contributed by atoms with Crippen LogP contribution in [0.2, 0.25) is 0 Å². The first-order valence-corrected chi connectivity index (χ1v) is 5.50. The number of ether oxygens (including phenoxy) is 2. The maximum absolute atomic E-state index is 6.69. The molecular formula is C13H17NO2. The first-order valence-electron chi connectivity index (χ1n) is 5.50. The third-order valence-corrected chi connectivity index (χ3v) is 2.02. The Kier molecular flexibility index (Phi) is 6.24. The van der Waals surface area contributed by atoms with Crippen LogP contribution in [-0.2, 0) is 9.47 Å². The predicted molar refractivity (Wildman–Crippen MR) is 62.8 cm³/mol. The van der Waals surface area contributed by atoms with E-state index in [2.05, 4.69) is 11.8 Å². The Morgan fingerprint density at radius 1 is 1.19 bits per heavy atom. The van der Waals surface area contributed by atoms with Crippen LogP contribution in [0.3, 0.4) is 0 Å². The van der Waals surface area contributed by atoms with Crippen LogP contribution >= 0.6 is 0 Å². The number of benzene rings is 1. The standard InChI is InChI=1S/C13H17NO2/c1-3-10-15-13(16-11-9-14-2)12-7-5-4-6-8-12/h4-8,13H,3,9-11H2,1H3. The lowest BCUT2D eigenvalue weighted by atomic mass is 10.2. The zero-order valence-corrected chi connectivity index (χ0v) is 9.56. The summed E-state index contributed by atoms with van der Waals surface area (Å²) in [4.78, 5) is 3.25. The maximum Gasteiger partial charge on any atom is 0.237 e. The molecule has 1 aromatic rings. The third kappa shape index (κ3) is 4.43. The monoisotopic (exact) mass is 219 g/mol. The van der Waals surface area contributed by atoms with E-state index in [0.29, 0.717) is 19.8 Å². The minimum Gasteiger partial charge on any atom is -0.348 e. The quantitative estimate of drug-likeness (QED) is 0.399. The van der Waals surface area contributed by atoms with Gasteiger partial charge in [0.1, 0.15) is 6.61 Å². The Morgan fingerprint density at radius 2 is 1.88 bits per heavy atom. The Morgan fingerprint density at radius 3 is 2.50 bits per heavy atom. The number of hydrogen-bond acceptors (Lipinski definition) is 2. The summed E-state index contributed by atoms with van der Waals surface area (Å²) in [5.74, 6) is 0. The smallest absolute Gasteiger partial charge is 0.237 e. The molecule has 16 heavy (non-hydrogen) atoms. The van der Waals surface area contributed by atoms with Crippen molar-refractivity contribution in [1.82, 2.24) is 0 Å². The van der Waals surface area contributed by atoms with Crippen LogP contribution in [0, 0.1) is 6.57 Å². The van der Waals surface area contributed by atoms with Crippen molar-refractivity contribution in [2.45, 2.75) is 19.6 Å². The minimum absolute atomic E-state index is 0.345. The van der Waals surface area contributed by atoms with Crippen molar-refractivity contribution < 1.29 is 9.47 Å². The first-order chi connectivity index (χ1) is 7.88. The zero-order chi connectivity index (χ0) is 11.6. The van der Waals surface area contributed by atoms with Gasteiger partial charge in [-0.05, 0) is 6.42 Å². The minimum atomic E-state index is -0.345. The molecule has 0 fully saturated rings. The van der Waals surface area contributed by atoms with Gasteiger partial charge < -0.3 is 14.3 Å². The van der Waals surface area contributed by atoms with Crippen molar-refractivity contribution in [2.24, 2.45) is 0 Å². The molecule has 3 nitrogen and oxygen atoms in total. The van der Waals surface area contributed by atoms with Gasteiger partial charge in [-0.2, -0.15) is 0 Å². The lowest BCUT2D eigenvalue weighted by Gasteiger charge is -2.17. The van der Waals surface area contributed by atoms with Crippen LogP contribution in [0.5, 0.6) is 0 Å². The van der Waals surface area contributed by atoms with E-state index in [1.54, 1.807) is 0 Å². The molecule has 0 N–H and O–H groups in total. The van der Waals surface area contributed by atoms with Gasteiger partial charge in [0.25, 0.3) is 0 Å². The van der Waals surface area contributed by atoms with Gasteiger partial charge in [-0.15, -0.1) is 0 Å². The molecule has 1 unspecified atom stereocenters. The largest absolute Gasteiger partial charge is 0.348 e. The highest BCUT2D eigenvalue weighted by Gasteiger charge is 2.11. The second-order valence-corrected chi connectivity index (χ2v) is 3.37. The fourth-order valence-electron chi connectivity index (χ4n) is 1.28. The summed E-state index contributed by atoms with van der Waals surface area (Å²) in [5, 5.41) is 0. The van der Waals surface area contributed by atoms with Crippen molar-refractivity contribution in [3.63, 3.8) is 0 Å². The average molecular weight is 219 g/mol. The summed E-state index contributed by atoms with van der Waals surface area (Å²) < 4.78 is 11.1. The fourth-order valence-corrected chi connectivity index (χ4v) is 1.28. The Labute approximate surface area is 96.8 Å². The molecule has 0 spiro atoms. The number of rotatable bonds is 7. The van der Waals surface area contributed by atoms with Gasteiger partial charge in [0.2, 0.25) is 6.54 Å². The fraction of sp³-hybridized carbons (Fsp3) is 0.462. The molecule has 0 aromatic heterocycles. The Bertz CT molecular complexity index is 318. The van der Waals surface area contributed by atoms with E-state index in [4.69, 9.17) is 16.0 Å². The SMILES string of the molecule is [C-]#[N+]CCOC(OCCC)c1ccccc1. The van der Waals surface area contributed by atoms with Gasteiger partial charge in [0.05, 0.1) is 0 Å². The highest BCUT2D eigenvalue weighted by atomic mass is 16.7. The molecule has 3 heteroatoms. The van der Waals surface area contributed by atoms with Crippen LogP contribution in [0.4, 0.5) is 0 Å². The zero-order valence-electron chi connectivity index (χ0n) is 9.56. The van der Waals surface area contributed by atoms with E-state index >= 15 is 0 Å². The molecule has 1 aromatic carbocycles. The van der Waals surface area contributed by atoms with Crippen LogP contribution in [0.25, 0.3) is 4.85 Å². The van der Waals surface area contributed by atoms with Gasteiger partial charge >= 0.3 is 0 Å². The molecule has 0 amide bonds. The summed E-state index contributed by atoms with van der Waals surface area (Å²) in [6.07, 6.45) is 0.609. The predicted octanol–water partition coefficient (Wildman–Crippen LogP) is 3.05. The van der Waals surface area contributed by atoms with E-state index in [9.17, 15) is 0 Å². The second kappa shape index (κ2) is 7.86. The summed E-state index contributed by atoms with van der Waals surface area (Å²) in [5.41, 5.74) is 1.00. The molecular weight excluding hydrogens is 202 g/mol. The number of hydrogen-bond donors (Lipinski definition) is 0.